The Balaban J connectivity index is 1.49. The van der Waals surface area contributed by atoms with Gasteiger partial charge in [-0.3, -0.25) is 14.3 Å². The summed E-state index contributed by atoms with van der Waals surface area (Å²) in [6.45, 7) is 6.16. The van der Waals surface area contributed by atoms with Gasteiger partial charge in [0.25, 0.3) is 5.56 Å². The molecule has 0 atom stereocenters. The number of benzene rings is 2. The number of nitrogens with one attached hydrogen (secondary N) is 1. The van der Waals surface area contributed by atoms with Crippen LogP contribution in [0, 0.1) is 0 Å². The number of piperidine rings is 1. The van der Waals surface area contributed by atoms with E-state index >= 15 is 0 Å². The van der Waals surface area contributed by atoms with Gasteiger partial charge < -0.3 is 14.4 Å². The number of anilines is 1. The minimum absolute atomic E-state index is 0.0485. The van der Waals surface area contributed by atoms with Crippen LogP contribution in [-0.4, -0.2) is 45.8 Å². The molecule has 1 fully saturated rings. The summed E-state index contributed by atoms with van der Waals surface area (Å²) in [6.07, 6.45) is 1.41. The minimum atomic E-state index is -0.382. The molecule has 0 spiro atoms. The van der Waals surface area contributed by atoms with Crippen LogP contribution in [0.3, 0.4) is 0 Å². The second kappa shape index (κ2) is 9.58. The van der Waals surface area contributed by atoms with Gasteiger partial charge in [-0.2, -0.15) is 4.98 Å². The molecular formula is C25H26ClN5O4. The summed E-state index contributed by atoms with van der Waals surface area (Å²) in [7, 11) is 0. The van der Waals surface area contributed by atoms with E-state index in [1.807, 2.05) is 38.1 Å². The zero-order chi connectivity index (χ0) is 24.5. The summed E-state index contributed by atoms with van der Waals surface area (Å²) in [6, 6.07) is 10.9. The van der Waals surface area contributed by atoms with E-state index in [4.69, 9.17) is 21.1 Å². The van der Waals surface area contributed by atoms with E-state index in [9.17, 15) is 9.59 Å². The van der Waals surface area contributed by atoms with Crippen molar-refractivity contribution in [3.05, 3.63) is 62.5 Å². The third-order valence-electron chi connectivity index (χ3n) is 6.29. The summed E-state index contributed by atoms with van der Waals surface area (Å²) in [5.74, 6) is 1.97. The first-order chi connectivity index (χ1) is 17.0. The average molecular weight is 496 g/mol. The highest BCUT2D eigenvalue weighted by Crippen LogP contribution is 2.37. The Morgan fingerprint density at radius 1 is 1.00 bits per heavy atom. The van der Waals surface area contributed by atoms with E-state index in [0.29, 0.717) is 67.1 Å². The van der Waals surface area contributed by atoms with Gasteiger partial charge in [0.1, 0.15) is 5.82 Å². The van der Waals surface area contributed by atoms with Crippen molar-refractivity contribution in [3.63, 3.8) is 0 Å². The number of rotatable bonds is 6. The topological polar surface area (TPSA) is 102 Å². The van der Waals surface area contributed by atoms with Crippen LogP contribution in [0.15, 0.2) is 46.0 Å². The fourth-order valence-electron chi connectivity index (χ4n) is 4.78. The third kappa shape index (κ3) is 4.32. The highest BCUT2D eigenvalue weighted by atomic mass is 35.5. The number of aromatic amines is 1. The van der Waals surface area contributed by atoms with Crippen LogP contribution in [0.25, 0.3) is 21.8 Å². The SMILES string of the molecule is CCOc1cc2nc(Cl)nc(N3CCC(n4c(=O)[nH]c(=O)c5ccccc54)CC3)c2cc1OCC. The Morgan fingerprint density at radius 3 is 2.40 bits per heavy atom. The maximum Gasteiger partial charge on any atom is 0.329 e. The van der Waals surface area contributed by atoms with Gasteiger partial charge in [0.15, 0.2) is 11.5 Å². The molecular weight excluding hydrogens is 470 g/mol. The molecule has 9 nitrogen and oxygen atoms in total. The van der Waals surface area contributed by atoms with Crippen LogP contribution in [-0.2, 0) is 0 Å². The first kappa shape index (κ1) is 23.2. The lowest BCUT2D eigenvalue weighted by Gasteiger charge is -2.34. The highest BCUT2D eigenvalue weighted by Gasteiger charge is 2.26. The largest absolute Gasteiger partial charge is 0.490 e. The molecule has 1 aliphatic rings. The van der Waals surface area contributed by atoms with Gasteiger partial charge in [0.05, 0.1) is 29.6 Å². The Hall–Kier alpha value is -3.59. The summed E-state index contributed by atoms with van der Waals surface area (Å²) in [5, 5.41) is 1.49. The molecule has 0 radical (unpaired) electrons. The Morgan fingerprint density at radius 2 is 1.69 bits per heavy atom. The summed E-state index contributed by atoms with van der Waals surface area (Å²) in [5.41, 5.74) is 0.585. The Bertz CT molecular complexity index is 1510. The van der Waals surface area contributed by atoms with Gasteiger partial charge in [0, 0.05) is 30.6 Å². The summed E-state index contributed by atoms with van der Waals surface area (Å²) in [4.78, 5) is 38.5. The Kier molecular flexibility index (Phi) is 6.34. The number of ether oxygens (including phenoxy) is 2. The predicted octanol–water partition coefficient (Wildman–Crippen LogP) is 3.93. The number of fused-ring (bicyclic) bond motifs is 2. The van der Waals surface area contributed by atoms with Gasteiger partial charge >= 0.3 is 5.69 Å². The van der Waals surface area contributed by atoms with Crippen LogP contribution < -0.4 is 25.6 Å². The number of halogens is 1. The minimum Gasteiger partial charge on any atom is -0.490 e. The number of H-pyrrole nitrogens is 1. The molecule has 0 bridgehead atoms. The fraction of sp³-hybridized carbons (Fsp3) is 0.360. The smallest absolute Gasteiger partial charge is 0.329 e. The quantitative estimate of drug-likeness (QED) is 0.404. The molecule has 2 aromatic heterocycles. The molecule has 3 heterocycles. The molecule has 35 heavy (non-hydrogen) atoms. The molecule has 10 heteroatoms. The molecule has 0 amide bonds. The fourth-order valence-corrected chi connectivity index (χ4v) is 4.95. The van der Waals surface area contributed by atoms with Crippen molar-refractivity contribution >= 4 is 39.2 Å². The van der Waals surface area contributed by atoms with Crippen molar-refractivity contribution in [2.45, 2.75) is 32.7 Å². The summed E-state index contributed by atoms with van der Waals surface area (Å²) < 4.78 is 13.3. The average Bonchev–Trinajstić information content (AvgIpc) is 2.85. The molecule has 0 saturated carbocycles. The molecule has 1 N–H and O–H groups in total. The summed E-state index contributed by atoms with van der Waals surface area (Å²) >= 11 is 6.30. The van der Waals surface area contributed by atoms with Crippen LogP contribution in [0.2, 0.25) is 5.28 Å². The third-order valence-corrected chi connectivity index (χ3v) is 6.46. The first-order valence-corrected chi connectivity index (χ1v) is 12.1. The molecule has 1 saturated heterocycles. The lowest BCUT2D eigenvalue weighted by molar-refractivity contribution is 0.288. The molecule has 1 aliphatic heterocycles. The number of hydrogen-bond acceptors (Lipinski definition) is 7. The van der Waals surface area contributed by atoms with Crippen molar-refractivity contribution in [1.29, 1.82) is 0 Å². The van der Waals surface area contributed by atoms with E-state index in [0.717, 1.165) is 11.2 Å². The predicted molar refractivity (Wildman–Crippen MR) is 136 cm³/mol. The van der Waals surface area contributed by atoms with Gasteiger partial charge in [-0.15, -0.1) is 0 Å². The molecule has 5 rings (SSSR count). The van der Waals surface area contributed by atoms with Crippen molar-refractivity contribution < 1.29 is 9.47 Å². The first-order valence-electron chi connectivity index (χ1n) is 11.8. The Labute approximate surface area is 206 Å². The van der Waals surface area contributed by atoms with Crippen molar-refractivity contribution in [3.8, 4) is 11.5 Å². The normalized spacial score (nSPS) is 14.5. The van der Waals surface area contributed by atoms with E-state index < -0.39 is 0 Å². The van der Waals surface area contributed by atoms with Gasteiger partial charge in [-0.05, 0) is 56.5 Å². The highest BCUT2D eigenvalue weighted by molar-refractivity contribution is 6.28. The molecule has 182 valence electrons. The van der Waals surface area contributed by atoms with Crippen molar-refractivity contribution in [2.75, 3.05) is 31.2 Å². The molecule has 0 unspecified atom stereocenters. The molecule has 2 aromatic carbocycles. The lowest BCUT2D eigenvalue weighted by atomic mass is 10.0. The van der Waals surface area contributed by atoms with Crippen LogP contribution in [0.1, 0.15) is 32.7 Å². The van der Waals surface area contributed by atoms with Crippen molar-refractivity contribution in [2.24, 2.45) is 0 Å². The van der Waals surface area contributed by atoms with E-state index in [1.54, 1.807) is 16.7 Å². The number of nitrogens with zero attached hydrogens (tertiary/aromatic N) is 4. The zero-order valence-electron chi connectivity index (χ0n) is 19.6. The second-order valence-corrected chi connectivity index (χ2v) is 8.70. The van der Waals surface area contributed by atoms with Crippen LogP contribution in [0.5, 0.6) is 11.5 Å². The van der Waals surface area contributed by atoms with Gasteiger partial charge in [-0.25, -0.2) is 9.78 Å². The maximum absolute atomic E-state index is 12.7. The van der Waals surface area contributed by atoms with Gasteiger partial charge in [0.2, 0.25) is 5.28 Å². The van der Waals surface area contributed by atoms with E-state index in [-0.39, 0.29) is 22.6 Å². The van der Waals surface area contributed by atoms with E-state index in [1.165, 1.54) is 0 Å². The monoisotopic (exact) mass is 495 g/mol. The van der Waals surface area contributed by atoms with Crippen LogP contribution in [0.4, 0.5) is 5.82 Å². The molecule has 4 aromatic rings. The number of hydrogen-bond donors (Lipinski definition) is 1. The van der Waals surface area contributed by atoms with Crippen molar-refractivity contribution in [1.82, 2.24) is 19.5 Å². The number of aromatic nitrogens is 4. The van der Waals surface area contributed by atoms with Crippen LogP contribution >= 0.6 is 11.6 Å². The number of para-hydroxylation sites is 1. The van der Waals surface area contributed by atoms with Gasteiger partial charge in [-0.1, -0.05) is 12.1 Å². The zero-order valence-corrected chi connectivity index (χ0v) is 20.3. The second-order valence-electron chi connectivity index (χ2n) is 8.36. The standard InChI is InChI=1S/C25H26ClN5O4/c1-3-34-20-13-17-18(14-21(20)35-4-2)27-24(26)28-22(17)30-11-9-15(10-12-30)31-19-8-6-5-7-16(19)23(32)29-25(31)33/h5-8,13-15H,3-4,9-12H2,1-2H3,(H,29,32,33). The maximum atomic E-state index is 12.7. The lowest BCUT2D eigenvalue weighted by Crippen LogP contribution is -2.40. The molecule has 0 aliphatic carbocycles. The van der Waals surface area contributed by atoms with E-state index in [2.05, 4.69) is 19.9 Å².